The maximum atomic E-state index is 10.8. The van der Waals surface area contributed by atoms with E-state index >= 15 is 0 Å². The Morgan fingerprint density at radius 1 is 1.26 bits per heavy atom. The molecule has 0 bridgehead atoms. The number of benzene rings is 1. The van der Waals surface area contributed by atoms with E-state index in [1.54, 1.807) is 0 Å². The summed E-state index contributed by atoms with van der Waals surface area (Å²) in [4.78, 5) is 10.8. The van der Waals surface area contributed by atoms with Gasteiger partial charge in [-0.25, -0.2) is 0 Å². The maximum absolute atomic E-state index is 10.8. The second-order valence-electron chi connectivity index (χ2n) is 6.17. The average Bonchev–Trinajstić information content (AvgIpc) is 3.06. The van der Waals surface area contributed by atoms with Crippen LogP contribution in [0.2, 0.25) is 0 Å². The molecule has 0 unspecified atom stereocenters. The predicted molar refractivity (Wildman–Crippen MR) is 101 cm³/mol. The van der Waals surface area contributed by atoms with Gasteiger partial charge in [0.2, 0.25) is 0 Å². The van der Waals surface area contributed by atoms with Crippen LogP contribution in [0.25, 0.3) is 0 Å². The lowest BCUT2D eigenvalue weighted by Crippen LogP contribution is -2.31. The summed E-state index contributed by atoms with van der Waals surface area (Å²) in [6.07, 6.45) is 7.24. The Morgan fingerprint density at radius 3 is 2.70 bits per heavy atom. The summed E-state index contributed by atoms with van der Waals surface area (Å²) >= 11 is 2.51. The summed E-state index contributed by atoms with van der Waals surface area (Å²) in [5.74, 6) is 0. The van der Waals surface area contributed by atoms with Crippen molar-refractivity contribution in [3.63, 3.8) is 0 Å². The predicted octanol–water partition coefficient (Wildman–Crippen LogP) is 4.70. The molecule has 4 atom stereocenters. The quantitative estimate of drug-likeness (QED) is 0.307. The molecule has 0 amide bonds. The van der Waals surface area contributed by atoms with Crippen LogP contribution in [-0.2, 0) is 20.9 Å². The van der Waals surface area contributed by atoms with Crippen molar-refractivity contribution in [2.45, 2.75) is 74.3 Å². The van der Waals surface area contributed by atoms with Gasteiger partial charge >= 0.3 is 0 Å². The lowest BCUT2D eigenvalue weighted by atomic mass is 10.0. The topological polar surface area (TPSA) is 35.5 Å². The first-order chi connectivity index (χ1) is 11.2. The van der Waals surface area contributed by atoms with Crippen LogP contribution in [-0.4, -0.2) is 28.5 Å². The first-order valence-corrected chi connectivity index (χ1v) is 9.87. The Hall–Kier alpha value is -0.460. The van der Waals surface area contributed by atoms with Crippen LogP contribution in [0.1, 0.15) is 51.0 Å². The van der Waals surface area contributed by atoms with Crippen LogP contribution in [0.5, 0.6) is 0 Å². The lowest BCUT2D eigenvalue weighted by molar-refractivity contribution is -0.110. The zero-order chi connectivity index (χ0) is 16.5. The van der Waals surface area contributed by atoms with E-state index in [9.17, 15) is 4.79 Å². The molecule has 0 aromatic heterocycles. The summed E-state index contributed by atoms with van der Waals surface area (Å²) in [6.45, 7) is 2.80. The first-order valence-electron chi connectivity index (χ1n) is 8.63. The first kappa shape index (κ1) is 18.9. The molecule has 0 radical (unpaired) electrons. The van der Waals surface area contributed by atoms with Crippen molar-refractivity contribution in [2.24, 2.45) is 0 Å². The van der Waals surface area contributed by atoms with Crippen LogP contribution >= 0.6 is 22.6 Å². The zero-order valence-corrected chi connectivity index (χ0v) is 16.0. The van der Waals surface area contributed by atoms with Gasteiger partial charge in [-0.2, -0.15) is 0 Å². The Balaban J connectivity index is 1.89. The number of rotatable bonds is 10. The minimum atomic E-state index is 0.00985. The minimum Gasteiger partial charge on any atom is -0.371 e. The molecule has 1 heterocycles. The number of alkyl halides is 1. The van der Waals surface area contributed by atoms with E-state index < -0.39 is 0 Å². The van der Waals surface area contributed by atoms with Gasteiger partial charge in [0, 0.05) is 10.3 Å². The summed E-state index contributed by atoms with van der Waals surface area (Å²) in [7, 11) is 0. The van der Waals surface area contributed by atoms with Crippen molar-refractivity contribution in [3.05, 3.63) is 35.9 Å². The number of hydrogen-bond donors (Lipinski definition) is 0. The highest BCUT2D eigenvalue weighted by atomic mass is 127. The molecular weight excluding hydrogens is 403 g/mol. The minimum absolute atomic E-state index is 0.00985. The SMILES string of the molecule is CCC[C@@H](I)[C@H]1CC[C@H]([C@@H](CCC=O)OCc2ccccc2)O1. The van der Waals surface area contributed by atoms with E-state index in [2.05, 4.69) is 41.6 Å². The number of ether oxygens (including phenoxy) is 2. The highest BCUT2D eigenvalue weighted by molar-refractivity contribution is 14.1. The lowest BCUT2D eigenvalue weighted by Gasteiger charge is -2.25. The van der Waals surface area contributed by atoms with Gasteiger partial charge in [-0.15, -0.1) is 0 Å². The van der Waals surface area contributed by atoms with Crippen LogP contribution in [0.4, 0.5) is 0 Å². The molecule has 0 N–H and O–H groups in total. The molecule has 3 nitrogen and oxygen atoms in total. The highest BCUT2D eigenvalue weighted by Gasteiger charge is 2.34. The van der Waals surface area contributed by atoms with Crippen molar-refractivity contribution in [3.8, 4) is 0 Å². The Bertz CT molecular complexity index is 451. The molecular formula is C19H27IO3. The van der Waals surface area contributed by atoms with Crippen molar-refractivity contribution >= 4 is 28.9 Å². The van der Waals surface area contributed by atoms with Gasteiger partial charge in [-0.05, 0) is 31.2 Å². The second-order valence-corrected chi connectivity index (χ2v) is 7.77. The van der Waals surface area contributed by atoms with Crippen molar-refractivity contribution in [1.29, 1.82) is 0 Å². The van der Waals surface area contributed by atoms with E-state index in [0.29, 0.717) is 23.1 Å². The molecule has 0 saturated carbocycles. The fraction of sp³-hybridized carbons (Fsp3) is 0.632. The van der Waals surface area contributed by atoms with Gasteiger partial charge in [0.25, 0.3) is 0 Å². The molecule has 23 heavy (non-hydrogen) atoms. The summed E-state index contributed by atoms with van der Waals surface area (Å²) < 4.78 is 13.0. The molecule has 128 valence electrons. The number of carbonyl (C=O) groups is 1. The van der Waals surface area contributed by atoms with E-state index in [-0.39, 0.29) is 12.2 Å². The molecule has 0 aliphatic carbocycles. The molecule has 1 aromatic rings. The van der Waals surface area contributed by atoms with Gasteiger partial charge in [0.15, 0.2) is 0 Å². The fourth-order valence-corrected chi connectivity index (χ4v) is 4.23. The molecule has 2 rings (SSSR count). The number of halogens is 1. The molecule has 1 aromatic carbocycles. The normalized spacial score (nSPS) is 23.6. The zero-order valence-electron chi connectivity index (χ0n) is 13.8. The van der Waals surface area contributed by atoms with Crippen molar-refractivity contribution < 1.29 is 14.3 Å². The van der Waals surface area contributed by atoms with E-state index in [1.807, 2.05) is 18.2 Å². The smallest absolute Gasteiger partial charge is 0.120 e. The van der Waals surface area contributed by atoms with Crippen LogP contribution in [0, 0.1) is 0 Å². The molecule has 1 fully saturated rings. The third-order valence-corrected chi connectivity index (χ3v) is 5.77. The third-order valence-electron chi connectivity index (χ3n) is 4.34. The molecule has 1 saturated heterocycles. The number of aldehydes is 1. The Labute approximate surface area is 153 Å². The van der Waals surface area contributed by atoms with Gasteiger partial charge in [0.05, 0.1) is 24.9 Å². The van der Waals surface area contributed by atoms with E-state index in [1.165, 1.54) is 12.8 Å². The van der Waals surface area contributed by atoms with E-state index in [0.717, 1.165) is 31.1 Å². The van der Waals surface area contributed by atoms with Gasteiger partial charge in [0.1, 0.15) is 6.29 Å². The van der Waals surface area contributed by atoms with Crippen LogP contribution in [0.3, 0.4) is 0 Å². The van der Waals surface area contributed by atoms with Gasteiger partial charge < -0.3 is 14.3 Å². The summed E-state index contributed by atoms with van der Waals surface area (Å²) in [6, 6.07) is 10.2. The van der Waals surface area contributed by atoms with Crippen molar-refractivity contribution in [2.75, 3.05) is 0 Å². The summed E-state index contributed by atoms with van der Waals surface area (Å²) in [5, 5.41) is 0. The Kier molecular flexibility index (Phi) is 8.55. The number of carbonyl (C=O) groups excluding carboxylic acids is 1. The molecule has 0 spiro atoms. The monoisotopic (exact) mass is 430 g/mol. The standard InChI is InChI=1S/C19H27IO3/c1-2-7-16(20)17-11-12-19(23-17)18(10-6-13-21)22-14-15-8-4-3-5-9-15/h3-5,8-9,13,16-19H,2,6-7,10-12,14H2,1H3/t16-,17-,18-,19-/m1/s1. The summed E-state index contributed by atoms with van der Waals surface area (Å²) in [5.41, 5.74) is 1.16. The fourth-order valence-electron chi connectivity index (χ4n) is 3.08. The average molecular weight is 430 g/mol. The molecule has 1 aliphatic heterocycles. The largest absolute Gasteiger partial charge is 0.371 e. The van der Waals surface area contributed by atoms with E-state index in [4.69, 9.17) is 9.47 Å². The van der Waals surface area contributed by atoms with Crippen molar-refractivity contribution in [1.82, 2.24) is 0 Å². The Morgan fingerprint density at radius 2 is 2.00 bits per heavy atom. The third kappa shape index (κ3) is 6.16. The molecule has 1 aliphatic rings. The highest BCUT2D eigenvalue weighted by Crippen LogP contribution is 2.32. The maximum Gasteiger partial charge on any atom is 0.120 e. The van der Waals surface area contributed by atoms with Gasteiger partial charge in [-0.1, -0.05) is 66.3 Å². The second kappa shape index (κ2) is 10.4. The van der Waals surface area contributed by atoms with Crippen LogP contribution in [0.15, 0.2) is 30.3 Å². The molecule has 4 heteroatoms. The number of hydrogen-bond acceptors (Lipinski definition) is 3. The van der Waals surface area contributed by atoms with Gasteiger partial charge in [-0.3, -0.25) is 0 Å². The van der Waals surface area contributed by atoms with Crippen LogP contribution < -0.4 is 0 Å².